The third kappa shape index (κ3) is 8.65. The highest BCUT2D eigenvalue weighted by atomic mass is 127. The Morgan fingerprint density at radius 3 is 2.52 bits per heavy atom. The summed E-state index contributed by atoms with van der Waals surface area (Å²) in [4.78, 5) is 4.32. The van der Waals surface area contributed by atoms with E-state index >= 15 is 0 Å². The molecule has 0 amide bonds. The predicted molar refractivity (Wildman–Crippen MR) is 131 cm³/mol. The van der Waals surface area contributed by atoms with Crippen molar-refractivity contribution in [1.29, 1.82) is 0 Å². The van der Waals surface area contributed by atoms with E-state index in [1.54, 1.807) is 32.9 Å². The topological polar surface area (TPSA) is 116 Å². The first kappa shape index (κ1) is 27.2. The second kappa shape index (κ2) is 11.7. The highest BCUT2D eigenvalue weighted by molar-refractivity contribution is 14.0. The number of aryl methyl sites for hydroxylation is 2. The molecule has 0 saturated carbocycles. The van der Waals surface area contributed by atoms with Crippen LogP contribution < -0.4 is 15.4 Å². The van der Waals surface area contributed by atoms with Gasteiger partial charge in [0.15, 0.2) is 5.96 Å². The van der Waals surface area contributed by atoms with Crippen molar-refractivity contribution in [3.63, 3.8) is 0 Å². The van der Waals surface area contributed by atoms with E-state index in [-0.39, 0.29) is 48.5 Å². The normalized spacial score (nSPS) is 13.8. The molecule has 174 valence electrons. The highest BCUT2D eigenvalue weighted by Gasteiger charge is 2.26. The number of aliphatic imine (C=N–C) groups is 1. The smallest absolute Gasteiger partial charge is 0.234 e. The van der Waals surface area contributed by atoms with E-state index in [0.717, 1.165) is 6.07 Å². The molecule has 0 radical (unpaired) electrons. The number of furan rings is 1. The number of hydrogen-bond acceptors (Lipinski definition) is 5. The number of guanidine groups is 1. The molecule has 1 aromatic heterocycles. The maximum absolute atomic E-state index is 13.6. The average Bonchev–Trinajstić information content (AvgIpc) is 3.10. The molecule has 0 aliphatic heterocycles. The first-order valence-corrected chi connectivity index (χ1v) is 11.3. The molecule has 8 nitrogen and oxygen atoms in total. The molecule has 2 rings (SSSR count). The van der Waals surface area contributed by atoms with E-state index in [4.69, 9.17) is 4.42 Å². The number of nitrogens with one attached hydrogen (secondary N) is 3. The summed E-state index contributed by atoms with van der Waals surface area (Å²) in [5.41, 5.74) is -0.699. The van der Waals surface area contributed by atoms with Gasteiger partial charge in [-0.3, -0.25) is 4.72 Å². The number of nitrogens with zero attached hydrogens (tertiary/aromatic N) is 1. The van der Waals surface area contributed by atoms with Crippen LogP contribution in [0.25, 0.3) is 0 Å². The lowest BCUT2D eigenvalue weighted by Crippen LogP contribution is -2.41. The minimum absolute atomic E-state index is 0. The van der Waals surface area contributed by atoms with Crippen LogP contribution in [0.2, 0.25) is 0 Å². The van der Waals surface area contributed by atoms with Crippen LogP contribution >= 0.6 is 24.0 Å². The van der Waals surface area contributed by atoms with Crippen LogP contribution in [-0.4, -0.2) is 44.9 Å². The lowest BCUT2D eigenvalue weighted by atomic mass is 10.0. The van der Waals surface area contributed by atoms with Gasteiger partial charge >= 0.3 is 0 Å². The van der Waals surface area contributed by atoms with Crippen molar-refractivity contribution in [2.24, 2.45) is 4.99 Å². The van der Waals surface area contributed by atoms with Crippen LogP contribution in [0.5, 0.6) is 0 Å². The van der Waals surface area contributed by atoms with Crippen molar-refractivity contribution in [2.45, 2.75) is 33.3 Å². The van der Waals surface area contributed by atoms with Crippen LogP contribution in [0.4, 0.5) is 10.1 Å². The first-order chi connectivity index (χ1) is 14.0. The lowest BCUT2D eigenvalue weighted by Gasteiger charge is -2.19. The Balaban J connectivity index is 0.00000480. The summed E-state index contributed by atoms with van der Waals surface area (Å²) in [7, 11) is -3.68. The van der Waals surface area contributed by atoms with Gasteiger partial charge in [0.1, 0.15) is 22.9 Å². The van der Waals surface area contributed by atoms with Gasteiger partial charge in [-0.1, -0.05) is 6.07 Å². The Morgan fingerprint density at radius 2 is 1.94 bits per heavy atom. The molecule has 0 fully saturated rings. The van der Waals surface area contributed by atoms with Crippen molar-refractivity contribution < 1.29 is 22.3 Å². The monoisotopic (exact) mass is 568 g/mol. The van der Waals surface area contributed by atoms with Crippen molar-refractivity contribution >= 4 is 45.6 Å². The maximum Gasteiger partial charge on any atom is 0.234 e. The van der Waals surface area contributed by atoms with Gasteiger partial charge in [0.25, 0.3) is 0 Å². The minimum Gasteiger partial charge on any atom is -0.463 e. The molecule has 1 heterocycles. The van der Waals surface area contributed by atoms with E-state index in [1.165, 1.54) is 12.1 Å². The zero-order valence-electron chi connectivity index (χ0n) is 18.0. The molecule has 0 aliphatic rings. The first-order valence-electron chi connectivity index (χ1n) is 9.60. The van der Waals surface area contributed by atoms with E-state index < -0.39 is 21.4 Å². The molecule has 0 spiro atoms. The van der Waals surface area contributed by atoms with Crippen LogP contribution in [-0.2, 0) is 15.6 Å². The van der Waals surface area contributed by atoms with Gasteiger partial charge in [-0.15, -0.1) is 24.0 Å². The van der Waals surface area contributed by atoms with Gasteiger partial charge < -0.3 is 20.2 Å². The van der Waals surface area contributed by atoms with Gasteiger partial charge in [0, 0.05) is 13.1 Å². The molecular formula is C20H30FIN4O4S. The molecule has 4 N–H and O–H groups in total. The molecule has 0 bridgehead atoms. The largest absolute Gasteiger partial charge is 0.463 e. The fourth-order valence-electron chi connectivity index (χ4n) is 2.57. The van der Waals surface area contributed by atoms with Crippen LogP contribution in [0.1, 0.15) is 30.9 Å². The number of halogens is 2. The number of sulfonamides is 1. The molecule has 2 aromatic rings. The summed E-state index contributed by atoms with van der Waals surface area (Å²) in [6, 6.07) is 7.61. The van der Waals surface area contributed by atoms with E-state index in [9.17, 15) is 17.9 Å². The highest BCUT2D eigenvalue weighted by Crippen LogP contribution is 2.23. The zero-order valence-corrected chi connectivity index (χ0v) is 21.2. The van der Waals surface area contributed by atoms with Gasteiger partial charge in [0.2, 0.25) is 10.0 Å². The van der Waals surface area contributed by atoms with E-state index in [1.807, 2.05) is 6.92 Å². The quantitative estimate of drug-likeness (QED) is 0.210. The van der Waals surface area contributed by atoms with Gasteiger partial charge in [-0.2, -0.15) is 0 Å². The molecule has 11 heteroatoms. The molecule has 1 unspecified atom stereocenters. The number of anilines is 1. The molecule has 0 saturated heterocycles. The fourth-order valence-corrected chi connectivity index (χ4v) is 3.53. The van der Waals surface area contributed by atoms with E-state index in [2.05, 4.69) is 20.3 Å². The maximum atomic E-state index is 13.6. The second-order valence-corrected chi connectivity index (χ2v) is 9.03. The second-order valence-electron chi connectivity index (χ2n) is 7.19. The summed E-state index contributed by atoms with van der Waals surface area (Å²) >= 11 is 0. The van der Waals surface area contributed by atoms with Gasteiger partial charge in [-0.05, 0) is 57.5 Å². The van der Waals surface area contributed by atoms with Gasteiger partial charge in [0.05, 0.1) is 18.0 Å². The summed E-state index contributed by atoms with van der Waals surface area (Å²) in [6.07, 6.45) is 0. The number of rotatable bonds is 9. The zero-order chi connectivity index (χ0) is 22.4. The average molecular weight is 568 g/mol. The summed E-state index contributed by atoms with van der Waals surface area (Å²) in [5, 5.41) is 16.5. The van der Waals surface area contributed by atoms with Crippen molar-refractivity contribution in [3.8, 4) is 0 Å². The molecule has 0 aliphatic carbocycles. The van der Waals surface area contributed by atoms with Crippen LogP contribution in [0, 0.1) is 19.7 Å². The van der Waals surface area contributed by atoms with Crippen molar-refractivity contribution in [3.05, 3.63) is 53.2 Å². The Bertz CT molecular complexity index is 993. The summed E-state index contributed by atoms with van der Waals surface area (Å²) in [6.45, 7) is 7.49. The summed E-state index contributed by atoms with van der Waals surface area (Å²) in [5.74, 6) is 0.717. The standard InChI is InChI=1S/C20H29FN4O4S.HI/c1-5-22-19(24-13-20(4,26)18-9-7-15(3)29-18)23-10-11-30(27,28)25-16-8-6-14(2)17(21)12-16;/h6-9,12,25-26H,5,10-11,13H2,1-4H3,(H2,22,23,24);1H. The number of hydrogen-bond donors (Lipinski definition) is 4. The predicted octanol–water partition coefficient (Wildman–Crippen LogP) is 2.86. The third-order valence-electron chi connectivity index (χ3n) is 4.27. The Kier molecular flexibility index (Phi) is 10.2. The Morgan fingerprint density at radius 1 is 1.23 bits per heavy atom. The minimum atomic E-state index is -3.68. The Hall–Kier alpha value is -1.86. The van der Waals surface area contributed by atoms with Crippen molar-refractivity contribution in [1.82, 2.24) is 10.6 Å². The lowest BCUT2D eigenvalue weighted by molar-refractivity contribution is 0.0428. The van der Waals surface area contributed by atoms with Crippen molar-refractivity contribution in [2.75, 3.05) is 30.1 Å². The SMILES string of the molecule is CCNC(=NCC(C)(O)c1ccc(C)o1)NCCS(=O)(=O)Nc1ccc(C)c(F)c1.I. The number of benzene rings is 1. The van der Waals surface area contributed by atoms with Gasteiger partial charge in [-0.25, -0.2) is 17.8 Å². The van der Waals surface area contributed by atoms with E-state index in [0.29, 0.717) is 29.6 Å². The number of aliphatic hydroxyl groups is 1. The van der Waals surface area contributed by atoms with Crippen LogP contribution in [0.15, 0.2) is 39.7 Å². The third-order valence-corrected chi connectivity index (χ3v) is 5.56. The molecule has 1 aromatic carbocycles. The summed E-state index contributed by atoms with van der Waals surface area (Å²) < 4.78 is 45.9. The fraction of sp³-hybridized carbons (Fsp3) is 0.450. The molecular weight excluding hydrogens is 538 g/mol. The van der Waals surface area contributed by atoms with Crippen LogP contribution in [0.3, 0.4) is 0 Å². The molecule has 1 atom stereocenters. The molecule has 31 heavy (non-hydrogen) atoms. The Labute approximate surface area is 199 Å².